The van der Waals surface area contributed by atoms with E-state index in [0.717, 1.165) is 5.39 Å². The van der Waals surface area contributed by atoms with E-state index in [0.29, 0.717) is 17.0 Å². The van der Waals surface area contributed by atoms with Gasteiger partial charge < -0.3 is 19.6 Å². The van der Waals surface area contributed by atoms with Gasteiger partial charge in [0.2, 0.25) is 0 Å². The van der Waals surface area contributed by atoms with Gasteiger partial charge in [-0.25, -0.2) is 4.79 Å². The fourth-order valence-corrected chi connectivity index (χ4v) is 1.57. The van der Waals surface area contributed by atoms with Crippen molar-refractivity contribution in [1.29, 1.82) is 0 Å². The van der Waals surface area contributed by atoms with E-state index in [1.807, 2.05) is 0 Å². The molecule has 0 atom stereocenters. The van der Waals surface area contributed by atoms with Crippen LogP contribution in [0.25, 0.3) is 10.9 Å². The Hall–Kier alpha value is -2.17. The molecule has 0 aliphatic rings. The first-order valence-corrected chi connectivity index (χ1v) is 4.63. The summed E-state index contributed by atoms with van der Waals surface area (Å²) < 4.78 is 10.2. The number of benzene rings is 1. The normalized spacial score (nSPS) is 10.4. The highest BCUT2D eigenvalue weighted by Gasteiger charge is 2.11. The predicted molar refractivity (Wildman–Crippen MR) is 58.4 cm³/mol. The molecule has 0 saturated carbocycles. The second-order valence-electron chi connectivity index (χ2n) is 3.28. The van der Waals surface area contributed by atoms with E-state index >= 15 is 0 Å². The quantitative estimate of drug-likeness (QED) is 0.830. The third-order valence-corrected chi connectivity index (χ3v) is 2.36. The number of nitrogens with one attached hydrogen (secondary N) is 1. The Labute approximate surface area is 91.6 Å². The van der Waals surface area contributed by atoms with Gasteiger partial charge >= 0.3 is 5.97 Å². The maximum Gasteiger partial charge on any atom is 0.352 e. The number of carboxylic acid groups (broad SMARTS) is 1. The fraction of sp³-hybridized carbons (Fsp3) is 0.182. The molecular weight excluding hydrogens is 210 g/mol. The lowest BCUT2D eigenvalue weighted by Crippen LogP contribution is -1.94. The van der Waals surface area contributed by atoms with Crippen LogP contribution in [0.15, 0.2) is 18.2 Å². The van der Waals surface area contributed by atoms with E-state index in [-0.39, 0.29) is 5.69 Å². The van der Waals surface area contributed by atoms with Gasteiger partial charge in [0.25, 0.3) is 0 Å². The lowest BCUT2D eigenvalue weighted by molar-refractivity contribution is 0.0691. The molecule has 2 N–H and O–H groups in total. The van der Waals surface area contributed by atoms with Crippen LogP contribution in [-0.2, 0) is 0 Å². The molecule has 0 amide bonds. The summed E-state index contributed by atoms with van der Waals surface area (Å²) >= 11 is 0. The molecule has 0 unspecified atom stereocenters. The average Bonchev–Trinajstić information content (AvgIpc) is 2.69. The van der Waals surface area contributed by atoms with Crippen molar-refractivity contribution in [2.24, 2.45) is 0 Å². The number of hydrogen-bond donors (Lipinski definition) is 2. The number of aromatic nitrogens is 1. The van der Waals surface area contributed by atoms with Crippen molar-refractivity contribution in [1.82, 2.24) is 4.98 Å². The van der Waals surface area contributed by atoms with Crippen molar-refractivity contribution < 1.29 is 19.4 Å². The number of fused-ring (bicyclic) bond motifs is 1. The second kappa shape index (κ2) is 3.77. The monoisotopic (exact) mass is 221 g/mol. The zero-order valence-corrected chi connectivity index (χ0v) is 8.90. The SMILES string of the molecule is COc1cc2cc(C(=O)O)[nH]c2cc1OC. The molecule has 2 aromatic rings. The molecule has 0 spiro atoms. The highest BCUT2D eigenvalue weighted by atomic mass is 16.5. The summed E-state index contributed by atoms with van der Waals surface area (Å²) in [5, 5.41) is 9.62. The van der Waals surface area contributed by atoms with E-state index in [1.54, 1.807) is 18.2 Å². The Morgan fingerprint density at radius 1 is 1.19 bits per heavy atom. The third kappa shape index (κ3) is 1.56. The van der Waals surface area contributed by atoms with Crippen molar-refractivity contribution in [2.75, 3.05) is 14.2 Å². The summed E-state index contributed by atoms with van der Waals surface area (Å²) in [6.07, 6.45) is 0. The maximum atomic E-state index is 10.8. The van der Waals surface area contributed by atoms with Gasteiger partial charge in [0.1, 0.15) is 5.69 Å². The van der Waals surface area contributed by atoms with Crippen molar-refractivity contribution >= 4 is 16.9 Å². The smallest absolute Gasteiger partial charge is 0.352 e. The van der Waals surface area contributed by atoms with Crippen LogP contribution in [0.5, 0.6) is 11.5 Å². The van der Waals surface area contributed by atoms with Gasteiger partial charge in [-0.1, -0.05) is 0 Å². The molecular formula is C11H11NO4. The highest BCUT2D eigenvalue weighted by molar-refractivity contribution is 5.94. The van der Waals surface area contributed by atoms with Crippen LogP contribution in [0.4, 0.5) is 0 Å². The van der Waals surface area contributed by atoms with Crippen LogP contribution >= 0.6 is 0 Å². The Kier molecular flexibility index (Phi) is 2.44. The van der Waals surface area contributed by atoms with Gasteiger partial charge in [-0.2, -0.15) is 0 Å². The number of aromatic amines is 1. The van der Waals surface area contributed by atoms with Crippen LogP contribution in [0.3, 0.4) is 0 Å². The number of carbonyl (C=O) groups is 1. The van der Waals surface area contributed by atoms with E-state index < -0.39 is 5.97 Å². The third-order valence-electron chi connectivity index (χ3n) is 2.36. The number of rotatable bonds is 3. The summed E-state index contributed by atoms with van der Waals surface area (Å²) in [5.41, 5.74) is 0.848. The molecule has 1 heterocycles. The number of aromatic carboxylic acids is 1. The molecule has 0 aliphatic carbocycles. The molecule has 1 aromatic heterocycles. The number of carboxylic acids is 1. The molecule has 0 bridgehead atoms. The fourth-order valence-electron chi connectivity index (χ4n) is 1.57. The van der Waals surface area contributed by atoms with E-state index in [4.69, 9.17) is 14.6 Å². The van der Waals surface area contributed by atoms with Crippen LogP contribution in [0, 0.1) is 0 Å². The molecule has 0 fully saturated rings. The lowest BCUT2D eigenvalue weighted by Gasteiger charge is -2.06. The van der Waals surface area contributed by atoms with Crippen LogP contribution in [0.2, 0.25) is 0 Å². The van der Waals surface area contributed by atoms with Crippen LogP contribution < -0.4 is 9.47 Å². The van der Waals surface area contributed by atoms with Crippen LogP contribution in [0.1, 0.15) is 10.5 Å². The number of ether oxygens (including phenoxy) is 2. The molecule has 2 rings (SSSR count). The molecule has 5 nitrogen and oxygen atoms in total. The van der Waals surface area contributed by atoms with Crippen molar-refractivity contribution in [2.45, 2.75) is 0 Å². The van der Waals surface area contributed by atoms with E-state index in [2.05, 4.69) is 4.98 Å². The highest BCUT2D eigenvalue weighted by Crippen LogP contribution is 2.32. The summed E-state index contributed by atoms with van der Waals surface area (Å²) in [6.45, 7) is 0. The minimum Gasteiger partial charge on any atom is -0.493 e. The van der Waals surface area contributed by atoms with Gasteiger partial charge in [0, 0.05) is 11.5 Å². The Balaban J connectivity index is 2.64. The first-order chi connectivity index (χ1) is 7.65. The second-order valence-corrected chi connectivity index (χ2v) is 3.28. The van der Waals surface area contributed by atoms with Gasteiger partial charge in [-0.15, -0.1) is 0 Å². The lowest BCUT2D eigenvalue weighted by atomic mass is 10.2. The van der Waals surface area contributed by atoms with Crippen LogP contribution in [-0.4, -0.2) is 30.3 Å². The summed E-state index contributed by atoms with van der Waals surface area (Å²) in [5.74, 6) is 0.147. The summed E-state index contributed by atoms with van der Waals surface area (Å²) in [7, 11) is 3.07. The molecule has 1 aromatic carbocycles. The Morgan fingerprint density at radius 2 is 1.81 bits per heavy atom. The zero-order chi connectivity index (χ0) is 11.7. The summed E-state index contributed by atoms with van der Waals surface area (Å²) in [4.78, 5) is 13.6. The van der Waals surface area contributed by atoms with Crippen molar-refractivity contribution in [3.8, 4) is 11.5 Å². The van der Waals surface area contributed by atoms with E-state index in [1.165, 1.54) is 14.2 Å². The number of H-pyrrole nitrogens is 1. The first-order valence-electron chi connectivity index (χ1n) is 4.63. The van der Waals surface area contributed by atoms with Crippen molar-refractivity contribution in [3.05, 3.63) is 23.9 Å². The first kappa shape index (κ1) is 10.4. The van der Waals surface area contributed by atoms with Gasteiger partial charge in [-0.3, -0.25) is 0 Å². The van der Waals surface area contributed by atoms with Crippen molar-refractivity contribution in [3.63, 3.8) is 0 Å². The minimum atomic E-state index is -0.992. The van der Waals surface area contributed by atoms with E-state index in [9.17, 15) is 4.79 Å². The average molecular weight is 221 g/mol. The molecule has 0 saturated heterocycles. The number of methoxy groups -OCH3 is 2. The molecule has 16 heavy (non-hydrogen) atoms. The van der Waals surface area contributed by atoms with Gasteiger partial charge in [-0.05, 0) is 12.1 Å². The Morgan fingerprint density at radius 3 is 2.38 bits per heavy atom. The Bertz CT molecular complexity index is 503. The predicted octanol–water partition coefficient (Wildman–Crippen LogP) is 1.88. The maximum absolute atomic E-state index is 10.8. The summed E-state index contributed by atoms with van der Waals surface area (Å²) in [6, 6.07) is 5.00. The number of hydrogen-bond acceptors (Lipinski definition) is 3. The molecule has 0 aliphatic heterocycles. The largest absolute Gasteiger partial charge is 0.493 e. The zero-order valence-electron chi connectivity index (χ0n) is 8.90. The molecule has 5 heteroatoms. The van der Waals surface area contributed by atoms with Gasteiger partial charge in [0.15, 0.2) is 11.5 Å². The standard InChI is InChI=1S/C11H11NO4/c1-15-9-4-6-3-8(11(13)14)12-7(6)5-10(9)16-2/h3-5,12H,1-2H3,(H,13,14). The minimum absolute atomic E-state index is 0.144. The topological polar surface area (TPSA) is 71.5 Å². The van der Waals surface area contributed by atoms with Gasteiger partial charge in [0.05, 0.1) is 19.7 Å². The molecule has 0 radical (unpaired) electrons. The molecule has 84 valence electrons.